The molecule has 1 aromatic heterocycles. The van der Waals surface area contributed by atoms with E-state index in [4.69, 9.17) is 4.42 Å². The minimum Gasteiger partial charge on any atom is -0.467 e. The molecule has 1 aromatic rings. The molecule has 0 atom stereocenters. The molecule has 0 bridgehead atoms. The maximum Gasteiger partial charge on any atom is 0.191 e. The summed E-state index contributed by atoms with van der Waals surface area (Å²) in [4.78, 5) is 4.27. The molecule has 2 rings (SSSR count). The highest BCUT2D eigenvalue weighted by atomic mass is 16.3. The van der Waals surface area contributed by atoms with Gasteiger partial charge in [0.15, 0.2) is 5.96 Å². The normalized spacial score (nSPS) is 17.4. The Kier molecular flexibility index (Phi) is 5.10. The van der Waals surface area contributed by atoms with Crippen molar-refractivity contribution in [3.63, 3.8) is 0 Å². The second kappa shape index (κ2) is 6.82. The number of hydrogen-bond donors (Lipinski definition) is 2. The molecule has 0 unspecified atom stereocenters. The number of nitrogens with zero attached hydrogens (tertiary/aromatic N) is 1. The van der Waals surface area contributed by atoms with E-state index in [0.717, 1.165) is 24.2 Å². The molecule has 1 fully saturated rings. The smallest absolute Gasteiger partial charge is 0.191 e. The Labute approximate surface area is 122 Å². The van der Waals surface area contributed by atoms with Gasteiger partial charge in [-0.05, 0) is 36.3 Å². The highest BCUT2D eigenvalue weighted by Gasteiger charge is 2.31. The average molecular weight is 277 g/mol. The summed E-state index contributed by atoms with van der Waals surface area (Å²) in [6, 6.07) is 3.86. The van der Waals surface area contributed by atoms with Crippen LogP contribution in [0.4, 0.5) is 0 Å². The van der Waals surface area contributed by atoms with Crippen molar-refractivity contribution in [3.05, 3.63) is 24.2 Å². The Morgan fingerprint density at radius 3 is 2.70 bits per heavy atom. The van der Waals surface area contributed by atoms with E-state index in [1.54, 1.807) is 13.3 Å². The predicted molar refractivity (Wildman–Crippen MR) is 82.6 cm³/mol. The lowest BCUT2D eigenvalue weighted by Gasteiger charge is -2.32. The maximum atomic E-state index is 5.31. The van der Waals surface area contributed by atoms with Crippen LogP contribution in [-0.4, -0.2) is 19.6 Å². The van der Waals surface area contributed by atoms with Crippen LogP contribution in [0.25, 0.3) is 0 Å². The van der Waals surface area contributed by atoms with Crippen LogP contribution in [-0.2, 0) is 6.54 Å². The summed E-state index contributed by atoms with van der Waals surface area (Å²) < 4.78 is 5.31. The summed E-state index contributed by atoms with van der Waals surface area (Å²) in [6.07, 6.45) is 7.20. The minimum atomic E-state index is 0.318. The maximum absolute atomic E-state index is 5.31. The molecule has 1 saturated carbocycles. The van der Waals surface area contributed by atoms with Crippen LogP contribution in [0, 0.1) is 11.3 Å². The first-order valence-corrected chi connectivity index (χ1v) is 7.59. The minimum absolute atomic E-state index is 0.318. The summed E-state index contributed by atoms with van der Waals surface area (Å²) >= 11 is 0. The van der Waals surface area contributed by atoms with E-state index in [0.29, 0.717) is 12.0 Å². The van der Waals surface area contributed by atoms with Crippen LogP contribution in [0.15, 0.2) is 27.8 Å². The Morgan fingerprint density at radius 2 is 2.10 bits per heavy atom. The van der Waals surface area contributed by atoms with Gasteiger partial charge in [0.1, 0.15) is 5.76 Å². The van der Waals surface area contributed by atoms with Gasteiger partial charge in [0.05, 0.1) is 12.8 Å². The third-order valence-electron chi connectivity index (χ3n) is 4.41. The molecule has 0 amide bonds. The summed E-state index contributed by atoms with van der Waals surface area (Å²) in [5.74, 6) is 2.59. The van der Waals surface area contributed by atoms with Gasteiger partial charge in [-0.3, -0.25) is 4.99 Å². The van der Waals surface area contributed by atoms with Gasteiger partial charge in [0.25, 0.3) is 0 Å². The molecule has 1 aliphatic carbocycles. The molecule has 0 radical (unpaired) electrons. The highest BCUT2D eigenvalue weighted by molar-refractivity contribution is 5.79. The molecule has 1 aliphatic rings. The van der Waals surface area contributed by atoms with Crippen LogP contribution in [0.2, 0.25) is 0 Å². The van der Waals surface area contributed by atoms with Gasteiger partial charge in [-0.15, -0.1) is 0 Å². The van der Waals surface area contributed by atoms with Gasteiger partial charge in [0.2, 0.25) is 0 Å². The molecule has 1 heterocycles. The second-order valence-corrected chi connectivity index (χ2v) is 6.33. The first kappa shape index (κ1) is 14.9. The number of rotatable bonds is 5. The third-order valence-corrected chi connectivity index (χ3v) is 4.41. The Bertz CT molecular complexity index is 417. The molecule has 4 heteroatoms. The summed E-state index contributed by atoms with van der Waals surface area (Å²) in [6.45, 7) is 6.33. The zero-order valence-electron chi connectivity index (χ0n) is 12.9. The summed E-state index contributed by atoms with van der Waals surface area (Å²) in [5, 5.41) is 6.73. The van der Waals surface area contributed by atoms with Gasteiger partial charge in [-0.1, -0.05) is 26.7 Å². The fourth-order valence-electron chi connectivity index (χ4n) is 2.97. The fraction of sp³-hybridized carbons (Fsp3) is 0.688. The highest BCUT2D eigenvalue weighted by Crippen LogP contribution is 2.38. The van der Waals surface area contributed by atoms with Crippen molar-refractivity contribution in [1.82, 2.24) is 10.6 Å². The van der Waals surface area contributed by atoms with Gasteiger partial charge in [-0.2, -0.15) is 0 Å². The lowest BCUT2D eigenvalue weighted by atomic mass is 9.78. The number of guanidine groups is 1. The van der Waals surface area contributed by atoms with E-state index in [-0.39, 0.29) is 0 Å². The number of aliphatic imine (C=N–C) groups is 1. The third kappa shape index (κ3) is 4.02. The van der Waals surface area contributed by atoms with E-state index in [2.05, 4.69) is 29.5 Å². The molecule has 0 aliphatic heterocycles. The van der Waals surface area contributed by atoms with Crippen molar-refractivity contribution in [2.24, 2.45) is 16.3 Å². The van der Waals surface area contributed by atoms with Gasteiger partial charge < -0.3 is 15.1 Å². The van der Waals surface area contributed by atoms with Crippen molar-refractivity contribution in [2.75, 3.05) is 13.6 Å². The molecule has 112 valence electrons. The number of furan rings is 1. The molecule has 20 heavy (non-hydrogen) atoms. The SMILES string of the molecule is CN=C(NCc1ccco1)NCC(C)(C)C1CCCC1. The van der Waals surface area contributed by atoms with Crippen LogP contribution in [0.1, 0.15) is 45.3 Å². The number of hydrogen-bond acceptors (Lipinski definition) is 2. The standard InChI is InChI=1S/C16H27N3O/c1-16(2,13-7-4-5-8-13)12-19-15(17-3)18-11-14-9-6-10-20-14/h6,9-10,13H,4-5,7-8,11-12H2,1-3H3,(H2,17,18,19). The van der Waals surface area contributed by atoms with Crippen LogP contribution < -0.4 is 10.6 Å². The molecular formula is C16H27N3O. The Hall–Kier alpha value is -1.45. The fourth-order valence-corrected chi connectivity index (χ4v) is 2.97. The van der Waals surface area contributed by atoms with Gasteiger partial charge >= 0.3 is 0 Å². The van der Waals surface area contributed by atoms with Crippen molar-refractivity contribution < 1.29 is 4.42 Å². The Morgan fingerprint density at radius 1 is 1.35 bits per heavy atom. The molecule has 0 spiro atoms. The molecule has 0 aromatic carbocycles. The number of nitrogens with one attached hydrogen (secondary N) is 2. The monoisotopic (exact) mass is 277 g/mol. The predicted octanol–water partition coefficient (Wildman–Crippen LogP) is 3.16. The zero-order chi connectivity index (χ0) is 14.4. The summed E-state index contributed by atoms with van der Waals surface area (Å²) in [7, 11) is 1.81. The van der Waals surface area contributed by atoms with Crippen LogP contribution >= 0.6 is 0 Å². The second-order valence-electron chi connectivity index (χ2n) is 6.33. The molecule has 2 N–H and O–H groups in total. The van der Waals surface area contributed by atoms with Crippen molar-refractivity contribution in [3.8, 4) is 0 Å². The van der Waals surface area contributed by atoms with E-state index >= 15 is 0 Å². The lowest BCUT2D eigenvalue weighted by molar-refractivity contribution is 0.218. The van der Waals surface area contributed by atoms with E-state index in [1.807, 2.05) is 12.1 Å². The first-order valence-electron chi connectivity index (χ1n) is 7.59. The van der Waals surface area contributed by atoms with Crippen molar-refractivity contribution in [2.45, 2.75) is 46.1 Å². The topological polar surface area (TPSA) is 49.6 Å². The zero-order valence-corrected chi connectivity index (χ0v) is 12.9. The van der Waals surface area contributed by atoms with Crippen molar-refractivity contribution >= 4 is 5.96 Å². The quantitative estimate of drug-likeness (QED) is 0.642. The van der Waals surface area contributed by atoms with Crippen LogP contribution in [0.5, 0.6) is 0 Å². The average Bonchev–Trinajstić information content (AvgIpc) is 3.12. The first-order chi connectivity index (χ1) is 9.62. The Balaban J connectivity index is 1.78. The molecule has 0 saturated heterocycles. The molecular weight excluding hydrogens is 250 g/mol. The van der Waals surface area contributed by atoms with Gasteiger partial charge in [-0.25, -0.2) is 0 Å². The van der Waals surface area contributed by atoms with Crippen molar-refractivity contribution in [1.29, 1.82) is 0 Å². The van der Waals surface area contributed by atoms with Crippen LogP contribution in [0.3, 0.4) is 0 Å². The largest absolute Gasteiger partial charge is 0.467 e. The van der Waals surface area contributed by atoms with E-state index in [9.17, 15) is 0 Å². The van der Waals surface area contributed by atoms with E-state index in [1.165, 1.54) is 25.7 Å². The van der Waals surface area contributed by atoms with E-state index < -0.39 is 0 Å². The summed E-state index contributed by atoms with van der Waals surface area (Å²) in [5.41, 5.74) is 0.318. The molecule has 4 nitrogen and oxygen atoms in total. The lowest BCUT2D eigenvalue weighted by Crippen LogP contribution is -2.43. The van der Waals surface area contributed by atoms with Gasteiger partial charge in [0, 0.05) is 13.6 Å².